The Morgan fingerprint density at radius 3 is 2.84 bits per heavy atom. The molecule has 0 amide bonds. The molecule has 102 valence electrons. The van der Waals surface area contributed by atoms with Crippen molar-refractivity contribution in [2.24, 2.45) is 5.73 Å². The molecule has 0 aliphatic rings. The highest BCUT2D eigenvalue weighted by Gasteiger charge is 2.22. The van der Waals surface area contributed by atoms with Crippen molar-refractivity contribution in [3.8, 4) is 0 Å². The third-order valence-corrected chi connectivity index (χ3v) is 4.36. The van der Waals surface area contributed by atoms with Gasteiger partial charge in [0.05, 0.1) is 10.9 Å². The third kappa shape index (κ3) is 3.75. The molecule has 0 aliphatic heterocycles. The van der Waals surface area contributed by atoms with Gasteiger partial charge in [0.15, 0.2) is 0 Å². The van der Waals surface area contributed by atoms with Crippen molar-refractivity contribution in [1.29, 1.82) is 0 Å². The van der Waals surface area contributed by atoms with E-state index in [0.717, 1.165) is 22.7 Å². The van der Waals surface area contributed by atoms with Crippen molar-refractivity contribution in [1.82, 2.24) is 4.98 Å². The molecule has 1 heterocycles. The molecule has 1 aromatic carbocycles. The number of nitrogens with zero attached hydrogens (tertiary/aromatic N) is 1. The average Bonchev–Trinajstić information content (AvgIpc) is 2.80. The zero-order valence-electron chi connectivity index (χ0n) is 11.0. The van der Waals surface area contributed by atoms with Gasteiger partial charge in [0, 0.05) is 11.1 Å². The summed E-state index contributed by atoms with van der Waals surface area (Å²) in [4.78, 5) is 4.32. The van der Waals surface area contributed by atoms with E-state index < -0.39 is 0 Å². The predicted octanol–water partition coefficient (Wildman–Crippen LogP) is 4.21. The minimum absolute atomic E-state index is 0.0238. The molecule has 0 bridgehead atoms. The summed E-state index contributed by atoms with van der Waals surface area (Å²) in [6.07, 6.45) is 2.53. The van der Waals surface area contributed by atoms with Crippen molar-refractivity contribution in [2.75, 3.05) is 0 Å². The van der Waals surface area contributed by atoms with E-state index in [1.807, 2.05) is 31.2 Å². The van der Waals surface area contributed by atoms with Crippen molar-refractivity contribution in [3.63, 3.8) is 0 Å². The Morgan fingerprint density at radius 2 is 2.26 bits per heavy atom. The van der Waals surface area contributed by atoms with Gasteiger partial charge in [-0.2, -0.15) is 0 Å². The molecule has 0 fully saturated rings. The highest BCUT2D eigenvalue weighted by atomic mass is 35.5. The normalized spacial score (nSPS) is 14.3. The standard InChI is InChI=1S/C14H17ClN2OS/c1-3-12(16)13(10-5-4-6-11(15)7-10)19-14-17-9(2)8-18-14/h4-8,12-13H,3,16H2,1-2H3. The second kappa shape index (κ2) is 6.46. The minimum atomic E-state index is 0.0238. The number of aryl methyl sites for hydroxylation is 1. The third-order valence-electron chi connectivity index (χ3n) is 2.86. The van der Waals surface area contributed by atoms with Crippen LogP contribution in [0.25, 0.3) is 0 Å². The average molecular weight is 297 g/mol. The number of halogens is 1. The second-order valence-electron chi connectivity index (χ2n) is 4.42. The highest BCUT2D eigenvalue weighted by Crippen LogP contribution is 2.38. The number of thioether (sulfide) groups is 1. The van der Waals surface area contributed by atoms with Gasteiger partial charge in [0.25, 0.3) is 5.22 Å². The smallest absolute Gasteiger partial charge is 0.256 e. The summed E-state index contributed by atoms with van der Waals surface area (Å²) in [5.41, 5.74) is 8.19. The maximum absolute atomic E-state index is 6.22. The zero-order chi connectivity index (χ0) is 13.8. The first-order chi connectivity index (χ1) is 9.10. The fourth-order valence-electron chi connectivity index (χ4n) is 1.80. The van der Waals surface area contributed by atoms with Crippen LogP contribution in [-0.2, 0) is 0 Å². The molecule has 0 radical (unpaired) electrons. The summed E-state index contributed by atoms with van der Waals surface area (Å²) < 4.78 is 5.40. The van der Waals surface area contributed by atoms with Crippen molar-refractivity contribution in [2.45, 2.75) is 36.8 Å². The minimum Gasteiger partial charge on any atom is -0.440 e. The molecular weight excluding hydrogens is 280 g/mol. The first kappa shape index (κ1) is 14.4. The van der Waals surface area contributed by atoms with Gasteiger partial charge in [-0.15, -0.1) is 0 Å². The Kier molecular flexibility index (Phi) is 4.91. The fourth-order valence-corrected chi connectivity index (χ4v) is 3.16. The van der Waals surface area contributed by atoms with Crippen molar-refractivity contribution in [3.05, 3.63) is 46.8 Å². The number of aromatic nitrogens is 1. The Hall–Kier alpha value is -0.970. The van der Waals surface area contributed by atoms with Gasteiger partial charge >= 0.3 is 0 Å². The van der Waals surface area contributed by atoms with E-state index in [2.05, 4.69) is 11.9 Å². The number of rotatable bonds is 5. The summed E-state index contributed by atoms with van der Waals surface area (Å²) in [7, 11) is 0. The van der Waals surface area contributed by atoms with Gasteiger partial charge in [-0.25, -0.2) is 4.98 Å². The van der Waals surface area contributed by atoms with E-state index in [1.54, 1.807) is 18.0 Å². The Bertz CT molecular complexity index is 544. The molecule has 3 nitrogen and oxygen atoms in total. The quantitative estimate of drug-likeness (QED) is 0.840. The molecule has 2 atom stereocenters. The van der Waals surface area contributed by atoms with E-state index in [4.69, 9.17) is 21.8 Å². The summed E-state index contributed by atoms with van der Waals surface area (Å²) in [6, 6.07) is 7.81. The molecule has 5 heteroatoms. The second-order valence-corrected chi connectivity index (χ2v) is 5.95. The summed E-state index contributed by atoms with van der Waals surface area (Å²) >= 11 is 7.60. The van der Waals surface area contributed by atoms with Gasteiger partial charge in [0.1, 0.15) is 6.26 Å². The van der Waals surface area contributed by atoms with Crippen LogP contribution in [0.2, 0.25) is 5.02 Å². The zero-order valence-corrected chi connectivity index (χ0v) is 12.5. The van der Waals surface area contributed by atoms with Crippen LogP contribution in [0.15, 0.2) is 40.2 Å². The number of oxazole rings is 1. The molecule has 0 aliphatic carbocycles. The van der Waals surface area contributed by atoms with Crippen LogP contribution in [0, 0.1) is 6.92 Å². The largest absolute Gasteiger partial charge is 0.440 e. The molecule has 0 spiro atoms. The molecule has 2 unspecified atom stereocenters. The lowest BCUT2D eigenvalue weighted by atomic mass is 10.0. The van der Waals surface area contributed by atoms with E-state index in [9.17, 15) is 0 Å². The number of nitrogens with two attached hydrogens (primary N) is 1. The lowest BCUT2D eigenvalue weighted by molar-refractivity contribution is 0.451. The topological polar surface area (TPSA) is 52.0 Å². The maximum Gasteiger partial charge on any atom is 0.256 e. The Balaban J connectivity index is 2.25. The lowest BCUT2D eigenvalue weighted by Gasteiger charge is -2.21. The van der Waals surface area contributed by atoms with Gasteiger partial charge in [-0.3, -0.25) is 0 Å². The van der Waals surface area contributed by atoms with Crippen LogP contribution in [0.4, 0.5) is 0 Å². The van der Waals surface area contributed by atoms with Gasteiger partial charge in [0.2, 0.25) is 0 Å². The maximum atomic E-state index is 6.22. The molecule has 2 rings (SSSR count). The van der Waals surface area contributed by atoms with Crippen LogP contribution >= 0.6 is 23.4 Å². The molecule has 0 saturated heterocycles. The van der Waals surface area contributed by atoms with Crippen LogP contribution < -0.4 is 5.73 Å². The lowest BCUT2D eigenvalue weighted by Crippen LogP contribution is -2.25. The van der Waals surface area contributed by atoms with Gasteiger partial charge < -0.3 is 10.2 Å². The first-order valence-corrected chi connectivity index (χ1v) is 7.45. The highest BCUT2D eigenvalue weighted by molar-refractivity contribution is 7.99. The van der Waals surface area contributed by atoms with Gasteiger partial charge in [-0.05, 0) is 31.0 Å². The van der Waals surface area contributed by atoms with Crippen LogP contribution in [-0.4, -0.2) is 11.0 Å². The van der Waals surface area contributed by atoms with E-state index in [1.165, 1.54) is 0 Å². The fraction of sp³-hybridized carbons (Fsp3) is 0.357. The van der Waals surface area contributed by atoms with E-state index >= 15 is 0 Å². The molecule has 1 aromatic heterocycles. The monoisotopic (exact) mass is 296 g/mol. The summed E-state index contributed by atoms with van der Waals surface area (Å²) in [5, 5.41) is 1.45. The predicted molar refractivity (Wildman–Crippen MR) is 79.6 cm³/mol. The number of hydrogen-bond acceptors (Lipinski definition) is 4. The molecule has 2 aromatic rings. The SMILES string of the molecule is CCC(N)C(Sc1nc(C)co1)c1cccc(Cl)c1. The summed E-state index contributed by atoms with van der Waals surface area (Å²) in [5.74, 6) is 0. The molecular formula is C14H17ClN2OS. The van der Waals surface area contributed by atoms with E-state index in [-0.39, 0.29) is 11.3 Å². The summed E-state index contributed by atoms with van der Waals surface area (Å²) in [6.45, 7) is 3.98. The number of benzene rings is 1. The van der Waals surface area contributed by atoms with Crippen molar-refractivity contribution < 1.29 is 4.42 Å². The molecule has 19 heavy (non-hydrogen) atoms. The van der Waals surface area contributed by atoms with Gasteiger partial charge in [-0.1, -0.05) is 42.4 Å². The van der Waals surface area contributed by atoms with Crippen LogP contribution in [0.1, 0.15) is 29.9 Å². The van der Waals surface area contributed by atoms with E-state index in [0.29, 0.717) is 5.22 Å². The Labute approximate surface area is 122 Å². The molecule has 2 N–H and O–H groups in total. The first-order valence-electron chi connectivity index (χ1n) is 6.20. The molecule has 0 saturated carbocycles. The van der Waals surface area contributed by atoms with Crippen LogP contribution in [0.3, 0.4) is 0 Å². The Morgan fingerprint density at radius 1 is 1.47 bits per heavy atom. The van der Waals surface area contributed by atoms with Crippen molar-refractivity contribution >= 4 is 23.4 Å². The van der Waals surface area contributed by atoms with Crippen LogP contribution in [0.5, 0.6) is 0 Å². The number of hydrogen-bond donors (Lipinski definition) is 1.